The van der Waals surface area contributed by atoms with Crippen LogP contribution in [0.4, 0.5) is 4.79 Å². The Bertz CT molecular complexity index is 420. The van der Waals surface area contributed by atoms with Crippen molar-refractivity contribution in [2.75, 3.05) is 26.2 Å². The Morgan fingerprint density at radius 1 is 1.14 bits per heavy atom. The Hall–Kier alpha value is -1.30. The number of carboxylic acids is 1. The molecule has 6 nitrogen and oxygen atoms in total. The van der Waals surface area contributed by atoms with Crippen molar-refractivity contribution in [3.05, 3.63) is 0 Å². The van der Waals surface area contributed by atoms with Gasteiger partial charge < -0.3 is 20.2 Å². The van der Waals surface area contributed by atoms with Crippen molar-refractivity contribution < 1.29 is 14.7 Å². The number of likely N-dealkylation sites (tertiary alicyclic amines) is 1. The van der Waals surface area contributed by atoms with Gasteiger partial charge in [0.15, 0.2) is 0 Å². The zero-order valence-corrected chi connectivity index (χ0v) is 12.6. The van der Waals surface area contributed by atoms with E-state index in [0.29, 0.717) is 12.5 Å². The summed E-state index contributed by atoms with van der Waals surface area (Å²) in [5, 5.41) is 12.5. The van der Waals surface area contributed by atoms with E-state index in [4.69, 9.17) is 0 Å². The van der Waals surface area contributed by atoms with Gasteiger partial charge in [0.05, 0.1) is 0 Å². The summed E-state index contributed by atoms with van der Waals surface area (Å²) in [7, 11) is 0. The standard InChI is InChI=1S/C15H25N3O3/c1-10-3-2-6-18(13(10)14(19)20)15(21)16-12-9-17-7-4-11(12)5-8-17/h10-13H,2-9H2,1H3,(H,16,21)(H,19,20). The topological polar surface area (TPSA) is 72.9 Å². The van der Waals surface area contributed by atoms with Crippen LogP contribution in [0.15, 0.2) is 0 Å². The predicted octanol–water partition coefficient (Wildman–Crippen LogP) is 0.975. The molecular formula is C15H25N3O3. The monoisotopic (exact) mass is 295 g/mol. The van der Waals surface area contributed by atoms with Gasteiger partial charge in [-0.1, -0.05) is 6.92 Å². The van der Waals surface area contributed by atoms with Gasteiger partial charge in [0.1, 0.15) is 6.04 Å². The van der Waals surface area contributed by atoms with Crippen LogP contribution in [-0.4, -0.2) is 65.2 Å². The van der Waals surface area contributed by atoms with Gasteiger partial charge in [-0.25, -0.2) is 9.59 Å². The fourth-order valence-corrected chi connectivity index (χ4v) is 4.16. The third kappa shape index (κ3) is 2.86. The van der Waals surface area contributed by atoms with Crippen LogP contribution in [-0.2, 0) is 4.79 Å². The Morgan fingerprint density at radius 2 is 1.86 bits per heavy atom. The molecule has 3 unspecified atom stereocenters. The quantitative estimate of drug-likeness (QED) is 0.796. The highest BCUT2D eigenvalue weighted by atomic mass is 16.4. The minimum absolute atomic E-state index is 0.0218. The Kier molecular flexibility index (Phi) is 4.06. The Labute approximate surface area is 125 Å². The van der Waals surface area contributed by atoms with Gasteiger partial charge in [-0.05, 0) is 50.6 Å². The summed E-state index contributed by atoms with van der Waals surface area (Å²) in [6.07, 6.45) is 4.05. The van der Waals surface area contributed by atoms with Crippen molar-refractivity contribution in [1.82, 2.24) is 15.1 Å². The summed E-state index contributed by atoms with van der Waals surface area (Å²) < 4.78 is 0. The second-order valence-corrected chi connectivity index (χ2v) is 6.79. The molecule has 4 fully saturated rings. The average Bonchev–Trinajstić information content (AvgIpc) is 2.47. The molecule has 0 radical (unpaired) electrons. The molecule has 6 heteroatoms. The van der Waals surface area contributed by atoms with Crippen LogP contribution in [0.25, 0.3) is 0 Å². The van der Waals surface area contributed by atoms with Gasteiger partial charge >= 0.3 is 12.0 Å². The molecule has 118 valence electrons. The first kappa shape index (κ1) is 14.6. The molecule has 4 heterocycles. The third-order valence-electron chi connectivity index (χ3n) is 5.41. The summed E-state index contributed by atoms with van der Waals surface area (Å²) in [6, 6.07) is -0.681. The van der Waals surface area contributed by atoms with E-state index in [1.165, 1.54) is 4.90 Å². The first-order valence-corrected chi connectivity index (χ1v) is 8.08. The van der Waals surface area contributed by atoms with Crippen LogP contribution < -0.4 is 5.32 Å². The number of urea groups is 1. The van der Waals surface area contributed by atoms with Gasteiger partial charge in [0.2, 0.25) is 0 Å². The number of piperidine rings is 4. The van der Waals surface area contributed by atoms with Crippen LogP contribution in [0.1, 0.15) is 32.6 Å². The molecule has 3 atom stereocenters. The molecule has 0 aromatic heterocycles. The lowest BCUT2D eigenvalue weighted by molar-refractivity contribution is -0.145. The molecule has 21 heavy (non-hydrogen) atoms. The number of amides is 2. The summed E-state index contributed by atoms with van der Waals surface area (Å²) in [5.74, 6) is -0.302. The van der Waals surface area contributed by atoms with Gasteiger partial charge in [-0.2, -0.15) is 0 Å². The zero-order valence-electron chi connectivity index (χ0n) is 12.6. The van der Waals surface area contributed by atoms with Crippen molar-refractivity contribution in [3.63, 3.8) is 0 Å². The van der Waals surface area contributed by atoms with E-state index in [0.717, 1.165) is 45.3 Å². The van der Waals surface area contributed by atoms with E-state index in [1.807, 2.05) is 6.92 Å². The van der Waals surface area contributed by atoms with Crippen LogP contribution in [0.5, 0.6) is 0 Å². The number of rotatable bonds is 2. The van der Waals surface area contributed by atoms with Crippen molar-refractivity contribution in [1.29, 1.82) is 0 Å². The summed E-state index contributed by atoms with van der Waals surface area (Å²) in [4.78, 5) is 27.9. The third-order valence-corrected chi connectivity index (χ3v) is 5.41. The van der Waals surface area contributed by atoms with E-state index in [1.54, 1.807) is 0 Å². The van der Waals surface area contributed by atoms with E-state index in [-0.39, 0.29) is 18.0 Å². The van der Waals surface area contributed by atoms with Crippen molar-refractivity contribution in [3.8, 4) is 0 Å². The van der Waals surface area contributed by atoms with Crippen LogP contribution >= 0.6 is 0 Å². The normalized spacial score (nSPS) is 39.1. The predicted molar refractivity (Wildman–Crippen MR) is 78.0 cm³/mol. The fraction of sp³-hybridized carbons (Fsp3) is 0.867. The molecule has 4 aliphatic heterocycles. The van der Waals surface area contributed by atoms with E-state index < -0.39 is 12.0 Å². The molecule has 0 saturated carbocycles. The number of nitrogens with zero attached hydrogens (tertiary/aromatic N) is 2. The average molecular weight is 295 g/mol. The Morgan fingerprint density at radius 3 is 2.43 bits per heavy atom. The number of hydrogen-bond acceptors (Lipinski definition) is 3. The number of fused-ring (bicyclic) bond motifs is 3. The molecule has 0 aromatic rings. The minimum atomic E-state index is -0.883. The molecule has 2 N–H and O–H groups in total. The zero-order chi connectivity index (χ0) is 15.0. The molecule has 4 rings (SSSR count). The highest BCUT2D eigenvalue weighted by Gasteiger charge is 2.40. The number of carbonyl (C=O) groups excluding carboxylic acids is 1. The molecule has 2 bridgehead atoms. The highest BCUT2D eigenvalue weighted by molar-refractivity contribution is 5.83. The van der Waals surface area contributed by atoms with Gasteiger partial charge in [-0.3, -0.25) is 0 Å². The van der Waals surface area contributed by atoms with Gasteiger partial charge in [-0.15, -0.1) is 0 Å². The molecule has 0 spiro atoms. The number of carbonyl (C=O) groups is 2. The van der Waals surface area contributed by atoms with Crippen molar-refractivity contribution in [2.24, 2.45) is 11.8 Å². The largest absolute Gasteiger partial charge is 0.480 e. The Balaban J connectivity index is 1.65. The molecule has 2 amide bonds. The maximum atomic E-state index is 12.5. The van der Waals surface area contributed by atoms with Crippen molar-refractivity contribution >= 4 is 12.0 Å². The first-order valence-electron chi connectivity index (χ1n) is 8.08. The molecule has 0 aliphatic carbocycles. The van der Waals surface area contributed by atoms with E-state index >= 15 is 0 Å². The SMILES string of the molecule is CC1CCCN(C(=O)NC2CN3CCC2CC3)C1C(=O)O. The molecule has 4 aliphatic rings. The lowest BCUT2D eigenvalue weighted by atomic mass is 9.84. The highest BCUT2D eigenvalue weighted by Crippen LogP contribution is 2.28. The number of aliphatic carboxylic acids is 1. The first-order chi connectivity index (χ1) is 10.1. The number of nitrogens with one attached hydrogen (secondary N) is 1. The molecule has 0 aromatic carbocycles. The molecular weight excluding hydrogens is 270 g/mol. The van der Waals surface area contributed by atoms with Crippen LogP contribution in [0, 0.1) is 11.8 Å². The maximum absolute atomic E-state index is 12.5. The fourth-order valence-electron chi connectivity index (χ4n) is 4.16. The van der Waals surface area contributed by atoms with Gasteiger partial charge in [0.25, 0.3) is 0 Å². The number of carboxylic acid groups (broad SMARTS) is 1. The van der Waals surface area contributed by atoms with Crippen LogP contribution in [0.2, 0.25) is 0 Å². The second-order valence-electron chi connectivity index (χ2n) is 6.79. The lowest BCUT2D eigenvalue weighted by Gasteiger charge is -2.46. The smallest absolute Gasteiger partial charge is 0.326 e. The number of hydrogen-bond donors (Lipinski definition) is 2. The summed E-state index contributed by atoms with van der Waals surface area (Å²) in [6.45, 7) is 5.66. The summed E-state index contributed by atoms with van der Waals surface area (Å²) >= 11 is 0. The summed E-state index contributed by atoms with van der Waals surface area (Å²) in [5.41, 5.74) is 0. The second kappa shape index (κ2) is 5.83. The van der Waals surface area contributed by atoms with Crippen molar-refractivity contribution in [2.45, 2.75) is 44.7 Å². The lowest BCUT2D eigenvalue weighted by Crippen LogP contribution is -2.62. The molecule has 4 saturated heterocycles. The van der Waals surface area contributed by atoms with E-state index in [9.17, 15) is 14.7 Å². The minimum Gasteiger partial charge on any atom is -0.480 e. The van der Waals surface area contributed by atoms with E-state index in [2.05, 4.69) is 10.2 Å². The van der Waals surface area contributed by atoms with Gasteiger partial charge in [0, 0.05) is 19.1 Å². The maximum Gasteiger partial charge on any atom is 0.326 e. The van der Waals surface area contributed by atoms with Crippen LogP contribution in [0.3, 0.4) is 0 Å².